The minimum atomic E-state index is -6.72. The minimum absolute atomic E-state index is 0.778. The monoisotopic (exact) mass is 408 g/mol. The van der Waals surface area contributed by atoms with Gasteiger partial charge in [-0.05, 0) is 6.42 Å². The van der Waals surface area contributed by atoms with Gasteiger partial charge in [0.05, 0.1) is 26.7 Å². The lowest BCUT2D eigenvalue weighted by molar-refractivity contribution is -0.897. The molecule has 0 saturated carbocycles. The van der Waals surface area contributed by atoms with E-state index in [0.717, 1.165) is 4.13 Å². The first-order valence-corrected chi connectivity index (χ1v) is 9.56. The summed E-state index contributed by atoms with van der Waals surface area (Å²) in [6.45, 7) is 6.52. The van der Waals surface area contributed by atoms with E-state index in [9.17, 15) is 43.2 Å². The van der Waals surface area contributed by atoms with Gasteiger partial charge in [-0.15, -0.1) is 0 Å². The van der Waals surface area contributed by atoms with Crippen LogP contribution in [0.5, 0.6) is 0 Å². The molecule has 1 fully saturated rings. The molecule has 0 aromatic carbocycles. The zero-order valence-corrected chi connectivity index (χ0v) is 14.5. The first-order valence-electron chi connectivity index (χ1n) is 6.68. The van der Waals surface area contributed by atoms with E-state index in [1.807, 2.05) is 0 Å². The number of rotatable bonds is 4. The summed E-state index contributed by atoms with van der Waals surface area (Å²) in [6.07, 6.45) is 4.25. The number of likely N-dealkylation sites (tertiary alicyclic amines) is 1. The van der Waals surface area contributed by atoms with Gasteiger partial charge in [0.25, 0.3) is 0 Å². The van der Waals surface area contributed by atoms with Gasteiger partial charge >= 0.3 is 11.0 Å². The number of alkyl halides is 6. The molecule has 1 saturated heterocycles. The highest BCUT2D eigenvalue weighted by Gasteiger charge is 2.46. The van der Waals surface area contributed by atoms with Gasteiger partial charge in [0.1, 0.15) is 0 Å². The molecule has 0 atom stereocenters. The molecule has 146 valence electrons. The molecule has 0 aromatic rings. The molecule has 0 unspecified atom stereocenters. The molecule has 0 aliphatic carbocycles. The minimum Gasteiger partial charge on any atom is -0.421 e. The Labute approximate surface area is 136 Å². The van der Waals surface area contributed by atoms with E-state index in [1.165, 1.54) is 43.4 Å². The fourth-order valence-electron chi connectivity index (χ4n) is 2.08. The van der Waals surface area contributed by atoms with Crippen LogP contribution in [0.3, 0.4) is 0 Å². The van der Waals surface area contributed by atoms with Gasteiger partial charge in [0.2, 0.25) is 0 Å². The molecule has 0 aromatic heterocycles. The smallest absolute Gasteiger partial charge is 0.421 e. The van der Waals surface area contributed by atoms with Crippen molar-refractivity contribution in [3.63, 3.8) is 0 Å². The summed E-state index contributed by atoms with van der Waals surface area (Å²) in [5, 5.41) is 0. The van der Waals surface area contributed by atoms with E-state index in [-0.39, 0.29) is 0 Å². The van der Waals surface area contributed by atoms with Crippen molar-refractivity contribution in [2.24, 2.45) is 0 Å². The van der Waals surface area contributed by atoms with Gasteiger partial charge in [-0.2, -0.15) is 26.3 Å². The predicted octanol–water partition coefficient (Wildman–Crippen LogP) is 2.70. The average Bonchev–Trinajstić information content (AvgIpc) is 2.72. The van der Waals surface area contributed by atoms with Gasteiger partial charge < -0.3 is 8.61 Å². The molecule has 0 radical (unpaired) electrons. The van der Waals surface area contributed by atoms with Crippen LogP contribution < -0.4 is 0 Å². The second kappa shape index (κ2) is 7.74. The van der Waals surface area contributed by atoms with Crippen molar-refractivity contribution in [2.75, 3.05) is 26.7 Å². The molecular weight excluding hydrogens is 390 g/mol. The van der Waals surface area contributed by atoms with Crippen LogP contribution in [0.25, 0.3) is 4.13 Å². The molecule has 6 nitrogen and oxygen atoms in total. The van der Waals surface area contributed by atoms with E-state index < -0.39 is 31.1 Å². The van der Waals surface area contributed by atoms with Gasteiger partial charge in [-0.3, -0.25) is 0 Å². The predicted molar refractivity (Wildman–Crippen MR) is 73.6 cm³/mol. The van der Waals surface area contributed by atoms with Crippen molar-refractivity contribution in [3.05, 3.63) is 4.13 Å². The molecular formula is C10H18F6N2O4S2. The lowest BCUT2D eigenvalue weighted by Crippen LogP contribution is -2.41. The van der Waals surface area contributed by atoms with Crippen LogP contribution in [-0.2, 0) is 20.0 Å². The fraction of sp³-hybridized carbons (Fsp3) is 1.00. The number of sulfonamides is 2. The Kier molecular flexibility index (Phi) is 7.55. The van der Waals surface area contributed by atoms with Crippen LogP contribution in [0.15, 0.2) is 0 Å². The number of quaternary nitrogens is 1. The average molecular weight is 408 g/mol. The Morgan fingerprint density at radius 1 is 0.875 bits per heavy atom. The van der Waals surface area contributed by atoms with Crippen molar-refractivity contribution in [1.82, 2.24) is 0 Å². The van der Waals surface area contributed by atoms with Crippen LogP contribution in [-0.4, -0.2) is 59.0 Å². The van der Waals surface area contributed by atoms with E-state index in [1.54, 1.807) is 0 Å². The van der Waals surface area contributed by atoms with Crippen molar-refractivity contribution >= 4 is 20.0 Å². The lowest BCUT2D eigenvalue weighted by atomic mass is 10.4. The number of halogens is 6. The van der Waals surface area contributed by atoms with Crippen molar-refractivity contribution in [2.45, 2.75) is 37.2 Å². The van der Waals surface area contributed by atoms with Crippen LogP contribution in [0.4, 0.5) is 26.3 Å². The third-order valence-electron chi connectivity index (χ3n) is 3.19. The molecule has 1 aliphatic rings. The molecule has 1 rings (SSSR count). The topological polar surface area (TPSA) is 82.4 Å². The highest BCUT2D eigenvalue weighted by molar-refractivity contribution is 8.13. The van der Waals surface area contributed by atoms with Crippen molar-refractivity contribution < 1.29 is 47.7 Å². The summed E-state index contributed by atoms with van der Waals surface area (Å²) < 4.78 is 111. The Morgan fingerprint density at radius 3 is 1.46 bits per heavy atom. The maximum atomic E-state index is 11.4. The molecule has 0 N–H and O–H groups in total. The lowest BCUT2D eigenvalue weighted by Gasteiger charge is -2.28. The molecule has 1 heterocycles. The van der Waals surface area contributed by atoms with Gasteiger partial charge in [0.15, 0.2) is 20.0 Å². The van der Waals surface area contributed by atoms with E-state index >= 15 is 0 Å². The van der Waals surface area contributed by atoms with Gasteiger partial charge in [-0.25, -0.2) is 16.8 Å². The maximum Gasteiger partial charge on any atom is 0.480 e. The normalized spacial score (nSPS) is 18.8. The zero-order chi connectivity index (χ0) is 19.4. The summed E-state index contributed by atoms with van der Waals surface area (Å²) in [5.74, 6) is 0. The third-order valence-corrected chi connectivity index (χ3v) is 5.93. The largest absolute Gasteiger partial charge is 0.480 e. The Bertz CT molecular complexity index is 564. The molecule has 0 spiro atoms. The molecule has 0 bridgehead atoms. The molecule has 14 heteroatoms. The molecule has 1 aliphatic heterocycles. The zero-order valence-electron chi connectivity index (χ0n) is 12.9. The maximum absolute atomic E-state index is 11.4. The first-order chi connectivity index (χ1) is 10.5. The van der Waals surface area contributed by atoms with Gasteiger partial charge in [0, 0.05) is 12.8 Å². The van der Waals surface area contributed by atoms with Crippen molar-refractivity contribution in [3.8, 4) is 0 Å². The summed E-state index contributed by atoms with van der Waals surface area (Å²) in [5.41, 5.74) is -12.4. The second-order valence-electron chi connectivity index (χ2n) is 5.41. The van der Waals surface area contributed by atoms with Crippen LogP contribution in [0.2, 0.25) is 0 Å². The number of hydrogen-bond acceptors (Lipinski definition) is 4. The van der Waals surface area contributed by atoms with Gasteiger partial charge in [-0.1, -0.05) is 6.92 Å². The summed E-state index contributed by atoms with van der Waals surface area (Å²) in [7, 11) is -11.1. The Hall–Kier alpha value is -0.600. The van der Waals surface area contributed by atoms with Crippen LogP contribution in [0.1, 0.15) is 26.2 Å². The van der Waals surface area contributed by atoms with E-state index in [0.29, 0.717) is 0 Å². The van der Waals surface area contributed by atoms with E-state index in [2.05, 4.69) is 14.0 Å². The second-order valence-corrected chi connectivity index (χ2v) is 8.84. The Balaban J connectivity index is 0.000000496. The SMILES string of the molecule is CCC[N+]1(C)CCCC1.O=S(=O)([N-]S(=O)(=O)C(F)(F)F)C(F)(F)F. The quantitative estimate of drug-likeness (QED) is 0.529. The third kappa shape index (κ3) is 6.72. The summed E-state index contributed by atoms with van der Waals surface area (Å²) in [6, 6.07) is 0. The molecule has 0 amide bonds. The van der Waals surface area contributed by atoms with Crippen LogP contribution >= 0.6 is 0 Å². The summed E-state index contributed by atoms with van der Waals surface area (Å²) in [4.78, 5) is 0. The first kappa shape index (κ1) is 23.4. The number of hydrogen-bond donors (Lipinski definition) is 0. The number of nitrogens with zero attached hydrogens (tertiary/aromatic N) is 2. The van der Waals surface area contributed by atoms with Crippen LogP contribution in [0, 0.1) is 0 Å². The Morgan fingerprint density at radius 2 is 1.21 bits per heavy atom. The molecule has 24 heavy (non-hydrogen) atoms. The highest BCUT2D eigenvalue weighted by atomic mass is 32.3. The van der Waals surface area contributed by atoms with E-state index in [4.69, 9.17) is 0 Å². The standard InChI is InChI=1S/C8H18N.C2F6NO4S2/c1-3-6-9(2)7-4-5-8-9;3-1(4,5)14(10,11)9-15(12,13)2(6,7)8/h3-8H2,1-2H3;/q+1;-1. The summed E-state index contributed by atoms with van der Waals surface area (Å²) >= 11 is 0. The highest BCUT2D eigenvalue weighted by Crippen LogP contribution is 2.36. The fourth-order valence-corrected chi connectivity index (χ4v) is 3.79. The van der Waals surface area contributed by atoms with Crippen molar-refractivity contribution in [1.29, 1.82) is 0 Å².